The van der Waals surface area contributed by atoms with E-state index < -0.39 is 10.0 Å². The summed E-state index contributed by atoms with van der Waals surface area (Å²) in [5, 5.41) is 0.852. The molecule has 1 fully saturated rings. The van der Waals surface area contributed by atoms with E-state index in [2.05, 4.69) is 14.3 Å². The van der Waals surface area contributed by atoms with Gasteiger partial charge in [-0.2, -0.15) is 8.68 Å². The lowest BCUT2D eigenvalue weighted by atomic mass is 10.4. The molecule has 2 aromatic rings. The predicted octanol–water partition coefficient (Wildman–Crippen LogP) is 1.57. The lowest BCUT2D eigenvalue weighted by Gasteiger charge is -2.33. The molecule has 0 aromatic carbocycles. The largest absolute Gasteiger partial charge is 0.465 e. The first kappa shape index (κ1) is 15.4. The van der Waals surface area contributed by atoms with Gasteiger partial charge in [-0.05, 0) is 26.8 Å². The molecule has 0 amide bonds. The molecule has 0 bridgehead atoms. The molecular formula is C13H18N4O3S2. The third-order valence-corrected chi connectivity index (χ3v) is 6.51. The molecule has 0 spiro atoms. The molecule has 1 aliphatic heterocycles. The van der Waals surface area contributed by atoms with Gasteiger partial charge in [0.2, 0.25) is 15.2 Å². The molecule has 0 unspecified atom stereocenters. The average Bonchev–Trinajstić information content (AvgIpc) is 3.05. The van der Waals surface area contributed by atoms with Crippen LogP contribution in [0.5, 0.6) is 0 Å². The van der Waals surface area contributed by atoms with Crippen molar-refractivity contribution in [1.82, 2.24) is 13.7 Å². The molecular weight excluding hydrogens is 324 g/mol. The number of hydrogen-bond acceptors (Lipinski definition) is 7. The van der Waals surface area contributed by atoms with Crippen molar-refractivity contribution in [1.29, 1.82) is 0 Å². The molecule has 7 nitrogen and oxygen atoms in total. The van der Waals surface area contributed by atoms with Crippen LogP contribution in [0.15, 0.2) is 15.4 Å². The number of aryl methyl sites for hydroxylation is 3. The molecule has 120 valence electrons. The zero-order valence-corrected chi connectivity index (χ0v) is 14.4. The fraction of sp³-hybridized carbons (Fsp3) is 0.538. The SMILES string of the molecule is Cc1nsc(N2CCN(S(=O)(=O)c3cc(C)oc3C)CC2)n1. The molecule has 0 atom stereocenters. The number of aromatic nitrogens is 2. The van der Waals surface area contributed by atoms with Crippen molar-refractivity contribution in [2.75, 3.05) is 31.1 Å². The zero-order valence-electron chi connectivity index (χ0n) is 12.7. The highest BCUT2D eigenvalue weighted by Crippen LogP contribution is 2.25. The van der Waals surface area contributed by atoms with Gasteiger partial charge in [-0.15, -0.1) is 0 Å². The van der Waals surface area contributed by atoms with Crippen molar-refractivity contribution in [3.8, 4) is 0 Å². The van der Waals surface area contributed by atoms with Crippen LogP contribution in [0.25, 0.3) is 0 Å². The normalized spacial score (nSPS) is 17.1. The Morgan fingerprint density at radius 2 is 1.86 bits per heavy atom. The number of anilines is 1. The second-order valence-corrected chi connectivity index (χ2v) is 7.93. The summed E-state index contributed by atoms with van der Waals surface area (Å²) in [6.07, 6.45) is 0. The van der Waals surface area contributed by atoms with Crippen molar-refractivity contribution in [3.05, 3.63) is 23.4 Å². The summed E-state index contributed by atoms with van der Waals surface area (Å²) in [5.74, 6) is 1.80. The van der Waals surface area contributed by atoms with Crippen molar-refractivity contribution in [3.63, 3.8) is 0 Å². The Bertz CT molecular complexity index is 773. The van der Waals surface area contributed by atoms with Gasteiger partial charge in [0.1, 0.15) is 22.2 Å². The van der Waals surface area contributed by atoms with Gasteiger partial charge in [-0.3, -0.25) is 0 Å². The molecule has 9 heteroatoms. The third kappa shape index (κ3) is 2.75. The molecule has 0 radical (unpaired) electrons. The van der Waals surface area contributed by atoms with E-state index in [-0.39, 0.29) is 4.90 Å². The summed E-state index contributed by atoms with van der Waals surface area (Å²) in [6, 6.07) is 1.59. The van der Waals surface area contributed by atoms with Gasteiger partial charge in [0.15, 0.2) is 0 Å². The van der Waals surface area contributed by atoms with Crippen LogP contribution >= 0.6 is 11.5 Å². The maximum atomic E-state index is 12.7. The molecule has 22 heavy (non-hydrogen) atoms. The Morgan fingerprint density at radius 1 is 1.18 bits per heavy atom. The van der Waals surface area contributed by atoms with E-state index in [1.807, 2.05) is 6.92 Å². The summed E-state index contributed by atoms with van der Waals surface area (Å²) < 4.78 is 36.4. The van der Waals surface area contributed by atoms with Crippen LogP contribution in [-0.2, 0) is 10.0 Å². The highest BCUT2D eigenvalue weighted by atomic mass is 32.2. The first-order chi connectivity index (χ1) is 10.4. The van der Waals surface area contributed by atoms with Gasteiger partial charge >= 0.3 is 0 Å². The Labute approximate surface area is 133 Å². The van der Waals surface area contributed by atoms with Crippen LogP contribution < -0.4 is 4.90 Å². The lowest BCUT2D eigenvalue weighted by Crippen LogP contribution is -2.48. The van der Waals surface area contributed by atoms with Crippen LogP contribution in [0.4, 0.5) is 5.13 Å². The number of sulfonamides is 1. The molecule has 0 N–H and O–H groups in total. The van der Waals surface area contributed by atoms with Crippen LogP contribution in [0.2, 0.25) is 0 Å². The standard InChI is InChI=1S/C13H18N4O3S2/c1-9-8-12(10(2)20-9)22(18,19)17-6-4-16(5-7-17)13-14-11(3)15-21-13/h8H,4-7H2,1-3H3. The quantitative estimate of drug-likeness (QED) is 0.842. The van der Waals surface area contributed by atoms with Gasteiger partial charge in [0.05, 0.1) is 0 Å². The second kappa shape index (κ2) is 5.64. The summed E-state index contributed by atoms with van der Waals surface area (Å²) >= 11 is 1.35. The molecule has 2 aromatic heterocycles. The second-order valence-electron chi connectivity index (χ2n) is 5.29. The third-order valence-electron chi connectivity index (χ3n) is 3.64. The monoisotopic (exact) mass is 342 g/mol. The Balaban J connectivity index is 1.74. The van der Waals surface area contributed by atoms with Gasteiger partial charge in [0, 0.05) is 37.7 Å². The van der Waals surface area contributed by atoms with E-state index in [1.165, 1.54) is 15.8 Å². The number of furan rings is 1. The van der Waals surface area contributed by atoms with E-state index in [9.17, 15) is 8.42 Å². The van der Waals surface area contributed by atoms with Crippen LogP contribution in [0.3, 0.4) is 0 Å². The minimum Gasteiger partial charge on any atom is -0.465 e. The molecule has 0 aliphatic carbocycles. The summed E-state index contributed by atoms with van der Waals surface area (Å²) in [7, 11) is -3.49. The van der Waals surface area contributed by atoms with E-state index in [0.717, 1.165) is 11.0 Å². The Morgan fingerprint density at radius 3 is 2.36 bits per heavy atom. The molecule has 0 saturated carbocycles. The van der Waals surface area contributed by atoms with Gasteiger partial charge in [-0.1, -0.05) is 0 Å². The van der Waals surface area contributed by atoms with Crippen molar-refractivity contribution in [2.45, 2.75) is 25.7 Å². The molecule has 1 saturated heterocycles. The average molecular weight is 342 g/mol. The zero-order chi connectivity index (χ0) is 15.9. The van der Waals surface area contributed by atoms with E-state index in [4.69, 9.17) is 4.42 Å². The fourth-order valence-electron chi connectivity index (χ4n) is 2.54. The smallest absolute Gasteiger partial charge is 0.246 e. The molecule has 3 rings (SSSR count). The summed E-state index contributed by atoms with van der Waals surface area (Å²) in [6.45, 7) is 7.38. The van der Waals surface area contributed by atoms with Crippen LogP contribution in [0, 0.1) is 20.8 Å². The van der Waals surface area contributed by atoms with Crippen LogP contribution in [-0.4, -0.2) is 48.3 Å². The summed E-state index contributed by atoms with van der Waals surface area (Å²) in [5.41, 5.74) is 0. The lowest BCUT2D eigenvalue weighted by molar-refractivity contribution is 0.383. The molecule has 1 aliphatic rings. The summed E-state index contributed by atoms with van der Waals surface area (Å²) in [4.78, 5) is 6.69. The van der Waals surface area contributed by atoms with E-state index in [0.29, 0.717) is 37.7 Å². The minimum absolute atomic E-state index is 0.269. The topological polar surface area (TPSA) is 79.5 Å². The first-order valence-corrected chi connectivity index (χ1v) is 9.22. The Hall–Kier alpha value is -1.45. The van der Waals surface area contributed by atoms with E-state index >= 15 is 0 Å². The predicted molar refractivity (Wildman–Crippen MR) is 83.8 cm³/mol. The number of nitrogens with zero attached hydrogens (tertiary/aromatic N) is 4. The first-order valence-electron chi connectivity index (χ1n) is 7.00. The highest BCUT2D eigenvalue weighted by molar-refractivity contribution is 7.89. The van der Waals surface area contributed by atoms with Gasteiger partial charge in [-0.25, -0.2) is 13.4 Å². The van der Waals surface area contributed by atoms with Gasteiger partial charge in [0.25, 0.3) is 0 Å². The highest BCUT2D eigenvalue weighted by Gasteiger charge is 2.31. The maximum Gasteiger partial charge on any atom is 0.246 e. The minimum atomic E-state index is -3.49. The molecule has 3 heterocycles. The number of hydrogen-bond donors (Lipinski definition) is 0. The fourth-order valence-corrected chi connectivity index (χ4v) is 4.90. The van der Waals surface area contributed by atoms with Crippen molar-refractivity contribution >= 4 is 26.7 Å². The van der Waals surface area contributed by atoms with Gasteiger partial charge < -0.3 is 9.32 Å². The van der Waals surface area contributed by atoms with Crippen molar-refractivity contribution < 1.29 is 12.8 Å². The van der Waals surface area contributed by atoms with E-state index in [1.54, 1.807) is 19.9 Å². The van der Waals surface area contributed by atoms with Crippen LogP contribution in [0.1, 0.15) is 17.3 Å². The Kier molecular flexibility index (Phi) is 3.96. The van der Waals surface area contributed by atoms with Crippen molar-refractivity contribution in [2.24, 2.45) is 0 Å². The number of piperazine rings is 1. The maximum absolute atomic E-state index is 12.7. The number of rotatable bonds is 3.